The van der Waals surface area contributed by atoms with Crippen LogP contribution in [0.5, 0.6) is 0 Å². The molecule has 1 unspecified atom stereocenters. The molecule has 0 aliphatic carbocycles. The molecule has 2 aromatic rings. The lowest BCUT2D eigenvalue weighted by atomic mass is 10.2. The van der Waals surface area contributed by atoms with Crippen LogP contribution in [0.1, 0.15) is 32.9 Å². The highest BCUT2D eigenvalue weighted by atomic mass is 32.1. The van der Waals surface area contributed by atoms with Crippen LogP contribution in [0.3, 0.4) is 0 Å². The first-order valence-electron chi connectivity index (χ1n) is 6.86. The first-order valence-corrected chi connectivity index (χ1v) is 7.74. The molecule has 0 aromatic carbocycles. The van der Waals surface area contributed by atoms with Crippen LogP contribution in [-0.2, 0) is 6.54 Å². The van der Waals surface area contributed by atoms with Gasteiger partial charge in [0.05, 0.1) is 17.0 Å². The average Bonchev–Trinajstić information content (AvgIpc) is 2.89. The molecule has 0 saturated heterocycles. The van der Waals surface area contributed by atoms with Crippen LogP contribution in [0.4, 0.5) is 5.13 Å². The molecule has 0 spiro atoms. The number of hydrogen-bond acceptors (Lipinski definition) is 5. The molecule has 0 fully saturated rings. The highest BCUT2D eigenvalue weighted by molar-refractivity contribution is 7.14. The molecule has 108 valence electrons. The third-order valence-electron chi connectivity index (χ3n) is 3.16. The van der Waals surface area contributed by atoms with Gasteiger partial charge in [0.25, 0.3) is 5.56 Å². The number of nitrogens with zero attached hydrogens (tertiary/aromatic N) is 3. The molecule has 2 aromatic heterocycles. The van der Waals surface area contributed by atoms with Crippen molar-refractivity contribution >= 4 is 16.5 Å². The van der Waals surface area contributed by atoms with Gasteiger partial charge >= 0.3 is 0 Å². The lowest BCUT2D eigenvalue weighted by Crippen LogP contribution is -2.24. The Kier molecular flexibility index (Phi) is 4.54. The van der Waals surface area contributed by atoms with Crippen molar-refractivity contribution in [3.05, 3.63) is 27.5 Å². The summed E-state index contributed by atoms with van der Waals surface area (Å²) in [4.78, 5) is 16.8. The lowest BCUT2D eigenvalue weighted by molar-refractivity contribution is 0.607. The Morgan fingerprint density at radius 3 is 2.85 bits per heavy atom. The van der Waals surface area contributed by atoms with Gasteiger partial charge < -0.3 is 5.32 Å². The molecule has 2 rings (SSSR count). The first-order chi connectivity index (χ1) is 9.55. The second-order valence-electron chi connectivity index (χ2n) is 4.81. The summed E-state index contributed by atoms with van der Waals surface area (Å²) in [5, 5.41) is 10.3. The van der Waals surface area contributed by atoms with Crippen LogP contribution in [-0.4, -0.2) is 20.8 Å². The predicted octanol–water partition coefficient (Wildman–Crippen LogP) is 2.91. The van der Waals surface area contributed by atoms with Gasteiger partial charge in [-0.3, -0.25) is 4.79 Å². The molecule has 0 radical (unpaired) electrons. The molecule has 1 N–H and O–H groups in total. The van der Waals surface area contributed by atoms with E-state index >= 15 is 0 Å². The SMILES string of the molecule is CCC(C)Nc1nc(-c2cc(C)nn(CC)c2=O)cs1. The maximum absolute atomic E-state index is 12.3. The quantitative estimate of drug-likeness (QED) is 0.920. The van der Waals surface area contributed by atoms with Gasteiger partial charge in [-0.05, 0) is 33.3 Å². The standard InChI is InChI=1S/C14H20N4OS/c1-5-9(3)15-14-16-12(8-20-14)11-7-10(4)17-18(6-2)13(11)19/h7-9H,5-6H2,1-4H3,(H,15,16). The lowest BCUT2D eigenvalue weighted by Gasteiger charge is -2.08. The van der Waals surface area contributed by atoms with Crippen molar-refractivity contribution in [3.63, 3.8) is 0 Å². The van der Waals surface area contributed by atoms with Crippen LogP contribution in [0.2, 0.25) is 0 Å². The highest BCUT2D eigenvalue weighted by Crippen LogP contribution is 2.23. The van der Waals surface area contributed by atoms with Gasteiger partial charge in [0, 0.05) is 18.0 Å². The molecule has 6 heteroatoms. The zero-order valence-corrected chi connectivity index (χ0v) is 13.1. The number of aryl methyl sites for hydroxylation is 2. The van der Waals surface area contributed by atoms with Crippen LogP contribution >= 0.6 is 11.3 Å². The molecule has 0 amide bonds. The van der Waals surface area contributed by atoms with E-state index in [1.54, 1.807) is 6.07 Å². The molecule has 2 heterocycles. The van der Waals surface area contributed by atoms with Crippen LogP contribution < -0.4 is 10.9 Å². The number of thiazole rings is 1. The second kappa shape index (κ2) is 6.17. The monoisotopic (exact) mass is 292 g/mol. The highest BCUT2D eigenvalue weighted by Gasteiger charge is 2.12. The van der Waals surface area contributed by atoms with Crippen LogP contribution in [0, 0.1) is 6.92 Å². The zero-order valence-electron chi connectivity index (χ0n) is 12.3. The van der Waals surface area contributed by atoms with Gasteiger partial charge in [0.15, 0.2) is 5.13 Å². The molecule has 1 atom stereocenters. The van der Waals surface area contributed by atoms with Crippen molar-refractivity contribution in [1.82, 2.24) is 14.8 Å². The predicted molar refractivity (Wildman–Crippen MR) is 83.4 cm³/mol. The Bertz CT molecular complexity index is 647. The van der Waals surface area contributed by atoms with Crippen molar-refractivity contribution < 1.29 is 0 Å². The first kappa shape index (κ1) is 14.7. The smallest absolute Gasteiger partial charge is 0.276 e. The normalized spacial score (nSPS) is 12.4. The molecule has 0 saturated carbocycles. The van der Waals surface area contributed by atoms with Gasteiger partial charge in [0.1, 0.15) is 0 Å². The Morgan fingerprint density at radius 2 is 2.20 bits per heavy atom. The minimum atomic E-state index is -0.0847. The topological polar surface area (TPSA) is 59.8 Å². The van der Waals surface area contributed by atoms with E-state index in [0.29, 0.717) is 18.2 Å². The van der Waals surface area contributed by atoms with Crippen LogP contribution in [0.25, 0.3) is 11.3 Å². The summed E-state index contributed by atoms with van der Waals surface area (Å²) < 4.78 is 1.48. The van der Waals surface area contributed by atoms with E-state index in [0.717, 1.165) is 22.9 Å². The van der Waals surface area contributed by atoms with E-state index in [9.17, 15) is 4.79 Å². The molecule has 20 heavy (non-hydrogen) atoms. The van der Waals surface area contributed by atoms with E-state index in [1.807, 2.05) is 19.2 Å². The summed E-state index contributed by atoms with van der Waals surface area (Å²) in [6.45, 7) is 8.60. The van der Waals surface area contributed by atoms with Crippen molar-refractivity contribution in [1.29, 1.82) is 0 Å². The largest absolute Gasteiger partial charge is 0.359 e. The van der Waals surface area contributed by atoms with Crippen molar-refractivity contribution in [2.75, 3.05) is 5.32 Å². The van der Waals surface area contributed by atoms with Crippen LogP contribution in [0.15, 0.2) is 16.2 Å². The van der Waals surface area contributed by atoms with Gasteiger partial charge in [0.2, 0.25) is 0 Å². The summed E-state index contributed by atoms with van der Waals surface area (Å²) in [6.07, 6.45) is 1.03. The zero-order chi connectivity index (χ0) is 14.7. The number of hydrogen-bond donors (Lipinski definition) is 1. The molecule has 5 nitrogen and oxygen atoms in total. The number of aromatic nitrogens is 3. The minimum Gasteiger partial charge on any atom is -0.359 e. The third-order valence-corrected chi connectivity index (χ3v) is 3.93. The third kappa shape index (κ3) is 3.07. The van der Waals surface area contributed by atoms with E-state index < -0.39 is 0 Å². The van der Waals surface area contributed by atoms with Gasteiger partial charge in [-0.25, -0.2) is 9.67 Å². The van der Waals surface area contributed by atoms with Gasteiger partial charge in [-0.2, -0.15) is 5.10 Å². The summed E-state index contributed by atoms with van der Waals surface area (Å²) in [5.41, 5.74) is 2.08. The molecule has 0 aliphatic rings. The number of anilines is 1. The Morgan fingerprint density at radius 1 is 1.45 bits per heavy atom. The van der Waals surface area contributed by atoms with E-state index in [-0.39, 0.29) is 5.56 Å². The summed E-state index contributed by atoms with van der Waals surface area (Å²) in [7, 11) is 0. The molecular weight excluding hydrogens is 272 g/mol. The van der Waals surface area contributed by atoms with Crippen molar-refractivity contribution in [3.8, 4) is 11.3 Å². The summed E-state index contributed by atoms with van der Waals surface area (Å²) >= 11 is 1.53. The maximum atomic E-state index is 12.3. The minimum absolute atomic E-state index is 0.0847. The van der Waals surface area contributed by atoms with Crippen molar-refractivity contribution in [2.24, 2.45) is 0 Å². The Labute approximate surface area is 122 Å². The fourth-order valence-electron chi connectivity index (χ4n) is 1.85. The number of rotatable bonds is 5. The van der Waals surface area contributed by atoms with Crippen molar-refractivity contribution in [2.45, 2.75) is 46.7 Å². The molecule has 0 aliphatic heterocycles. The van der Waals surface area contributed by atoms with E-state index in [4.69, 9.17) is 0 Å². The number of nitrogens with one attached hydrogen (secondary N) is 1. The fraction of sp³-hybridized carbons (Fsp3) is 0.500. The van der Waals surface area contributed by atoms with E-state index in [1.165, 1.54) is 16.0 Å². The average molecular weight is 292 g/mol. The summed E-state index contributed by atoms with van der Waals surface area (Å²) in [6, 6.07) is 2.18. The van der Waals surface area contributed by atoms with Gasteiger partial charge in [-0.15, -0.1) is 11.3 Å². The van der Waals surface area contributed by atoms with Gasteiger partial charge in [-0.1, -0.05) is 6.92 Å². The molecular formula is C14H20N4OS. The Hall–Kier alpha value is -1.69. The fourth-order valence-corrected chi connectivity index (χ4v) is 2.67. The maximum Gasteiger partial charge on any atom is 0.276 e. The Balaban J connectivity index is 2.37. The summed E-state index contributed by atoms with van der Waals surface area (Å²) in [5.74, 6) is 0. The second-order valence-corrected chi connectivity index (χ2v) is 5.67. The van der Waals surface area contributed by atoms with E-state index in [2.05, 4.69) is 29.2 Å². The molecule has 0 bridgehead atoms.